The average molecular weight is 659 g/mol. The number of aliphatic hydroxyl groups excluding tert-OH is 1. The summed E-state index contributed by atoms with van der Waals surface area (Å²) in [6.07, 6.45) is -2.40. The Hall–Kier alpha value is -4.15. The van der Waals surface area contributed by atoms with Crippen LogP contribution in [0.15, 0.2) is 109 Å². The summed E-state index contributed by atoms with van der Waals surface area (Å²) in [7, 11) is 0. The third kappa shape index (κ3) is 10.2. The van der Waals surface area contributed by atoms with E-state index in [2.05, 4.69) is 4.90 Å². The second kappa shape index (κ2) is 16.3. The molecule has 0 radical (unpaired) electrons. The molecule has 1 heterocycles. The zero-order valence-corrected chi connectivity index (χ0v) is 27.7. The first kappa shape index (κ1) is 35.2. The average Bonchev–Trinajstić information content (AvgIpc) is 3.04. The molecule has 1 N–H and O–H groups in total. The van der Waals surface area contributed by atoms with E-state index in [1.807, 2.05) is 91.0 Å². The van der Waals surface area contributed by atoms with Crippen molar-refractivity contribution in [2.75, 3.05) is 13.2 Å². The molecular formula is C39H44F2N2O5. The summed E-state index contributed by atoms with van der Waals surface area (Å²) < 4.78 is 47.7. The van der Waals surface area contributed by atoms with Gasteiger partial charge < -0.3 is 19.3 Å². The van der Waals surface area contributed by atoms with Crippen LogP contribution in [-0.4, -0.2) is 64.2 Å². The Morgan fingerprint density at radius 2 is 1.38 bits per heavy atom. The largest absolute Gasteiger partial charge is 0.444 e. The van der Waals surface area contributed by atoms with Crippen LogP contribution >= 0.6 is 0 Å². The predicted molar refractivity (Wildman–Crippen MR) is 180 cm³/mol. The molecule has 1 aliphatic heterocycles. The van der Waals surface area contributed by atoms with Crippen molar-refractivity contribution in [3.63, 3.8) is 0 Å². The molecule has 1 saturated heterocycles. The molecule has 0 saturated carbocycles. The Bertz CT molecular complexity index is 1530. The van der Waals surface area contributed by atoms with Crippen LogP contribution in [0.2, 0.25) is 0 Å². The molecule has 0 spiro atoms. The lowest BCUT2D eigenvalue weighted by Crippen LogP contribution is -2.63. The molecule has 9 heteroatoms. The van der Waals surface area contributed by atoms with Crippen LogP contribution in [-0.2, 0) is 40.3 Å². The molecule has 0 aromatic heterocycles. The third-order valence-electron chi connectivity index (χ3n) is 8.18. The maximum Gasteiger partial charge on any atom is 0.410 e. The van der Waals surface area contributed by atoms with Gasteiger partial charge in [-0.3, -0.25) is 9.80 Å². The predicted octanol–water partition coefficient (Wildman–Crippen LogP) is 7.12. The number of rotatable bonds is 12. The van der Waals surface area contributed by atoms with E-state index in [1.54, 1.807) is 20.8 Å². The molecule has 4 aromatic rings. The lowest BCUT2D eigenvalue weighted by atomic mass is 9.92. The Kier molecular flexibility index (Phi) is 11.9. The monoisotopic (exact) mass is 658 g/mol. The second-order valence-electron chi connectivity index (χ2n) is 13.2. The molecule has 1 unspecified atom stereocenters. The fourth-order valence-corrected chi connectivity index (χ4v) is 6.05. The number of carbonyl (C=O) groups excluding carboxylic acids is 1. The van der Waals surface area contributed by atoms with E-state index < -0.39 is 47.8 Å². The zero-order chi connectivity index (χ0) is 34.1. The number of hydrogen-bond acceptors (Lipinski definition) is 6. The minimum absolute atomic E-state index is 0.0433. The van der Waals surface area contributed by atoms with Crippen molar-refractivity contribution in [3.8, 4) is 0 Å². The van der Waals surface area contributed by atoms with E-state index in [9.17, 15) is 18.7 Å². The van der Waals surface area contributed by atoms with Crippen molar-refractivity contribution >= 4 is 6.09 Å². The maximum absolute atomic E-state index is 14.7. The molecule has 48 heavy (non-hydrogen) atoms. The normalized spacial score (nSPS) is 18.0. The van der Waals surface area contributed by atoms with E-state index in [-0.39, 0.29) is 26.2 Å². The van der Waals surface area contributed by atoms with Crippen LogP contribution in [0, 0.1) is 11.6 Å². The van der Waals surface area contributed by atoms with Gasteiger partial charge >= 0.3 is 6.09 Å². The summed E-state index contributed by atoms with van der Waals surface area (Å²) in [4.78, 5) is 17.4. The Morgan fingerprint density at radius 1 is 0.854 bits per heavy atom. The highest BCUT2D eigenvalue weighted by atomic mass is 19.1. The van der Waals surface area contributed by atoms with Crippen molar-refractivity contribution in [1.29, 1.82) is 0 Å². The third-order valence-corrected chi connectivity index (χ3v) is 8.18. The molecule has 4 aromatic carbocycles. The van der Waals surface area contributed by atoms with Crippen LogP contribution < -0.4 is 0 Å². The summed E-state index contributed by atoms with van der Waals surface area (Å²) >= 11 is 0. The summed E-state index contributed by atoms with van der Waals surface area (Å²) in [5.74, 6) is -1.36. The number of ether oxygens (including phenoxy) is 3. The van der Waals surface area contributed by atoms with Gasteiger partial charge in [0.1, 0.15) is 17.2 Å². The quantitative estimate of drug-likeness (QED) is 0.175. The molecule has 254 valence electrons. The number of hydrogen-bond donors (Lipinski definition) is 1. The zero-order valence-electron chi connectivity index (χ0n) is 27.7. The number of morpholine rings is 1. The highest BCUT2D eigenvalue weighted by Gasteiger charge is 2.44. The molecule has 5 rings (SSSR count). The van der Waals surface area contributed by atoms with Gasteiger partial charge in [-0.05, 0) is 61.6 Å². The van der Waals surface area contributed by atoms with E-state index in [1.165, 1.54) is 17.0 Å². The second-order valence-corrected chi connectivity index (χ2v) is 13.2. The topological polar surface area (TPSA) is 71.5 Å². The lowest BCUT2D eigenvalue weighted by molar-refractivity contribution is -0.190. The molecule has 1 amide bonds. The van der Waals surface area contributed by atoms with Crippen molar-refractivity contribution in [3.05, 3.63) is 143 Å². The van der Waals surface area contributed by atoms with Crippen LogP contribution in [0.5, 0.6) is 0 Å². The van der Waals surface area contributed by atoms with Gasteiger partial charge in [0.15, 0.2) is 6.29 Å². The van der Waals surface area contributed by atoms with Crippen molar-refractivity contribution in [2.24, 2.45) is 0 Å². The number of benzene rings is 4. The first-order valence-electron chi connectivity index (χ1n) is 16.3. The number of aliphatic hydroxyl groups is 1. The van der Waals surface area contributed by atoms with Crippen molar-refractivity contribution in [1.82, 2.24) is 9.80 Å². The van der Waals surface area contributed by atoms with Crippen LogP contribution in [0.3, 0.4) is 0 Å². The summed E-state index contributed by atoms with van der Waals surface area (Å²) in [5, 5.41) is 10.6. The number of carbonyl (C=O) groups is 1. The number of nitrogens with zero attached hydrogens (tertiary/aromatic N) is 2. The lowest BCUT2D eigenvalue weighted by Gasteiger charge is -2.46. The summed E-state index contributed by atoms with van der Waals surface area (Å²) in [6, 6.07) is 31.8. The Morgan fingerprint density at radius 3 is 1.90 bits per heavy atom. The molecular weight excluding hydrogens is 614 g/mol. The standard InChI is InChI=1S/C39H44F2N2O5/c1-39(2,3)48-38(45)43-25-36(44)46-27-35(43)37(47-26-30-17-11-6-12-18-30)34(21-31-19-32(40)22-33(41)20-31)42(23-28-13-7-4-8-14-28)24-29-15-9-5-10-16-29/h4-20,22,34-37,44H,21,23-27H2,1-3H3/t34-,35?,36+,37-/m0/s1. The fourth-order valence-electron chi connectivity index (χ4n) is 6.05. The number of β-amino-alcohol motifs (C(OH)–C–C–N with tert-alkyl or cyclic N) is 1. The molecule has 0 bridgehead atoms. The van der Waals surface area contributed by atoms with Gasteiger partial charge in [-0.1, -0.05) is 91.0 Å². The van der Waals surface area contributed by atoms with Gasteiger partial charge in [0.05, 0.1) is 31.9 Å². The summed E-state index contributed by atoms with van der Waals surface area (Å²) in [6.45, 7) is 6.32. The van der Waals surface area contributed by atoms with Crippen LogP contribution in [0.25, 0.3) is 0 Å². The van der Waals surface area contributed by atoms with E-state index in [0.717, 1.165) is 22.8 Å². The highest BCUT2D eigenvalue weighted by molar-refractivity contribution is 5.69. The van der Waals surface area contributed by atoms with Crippen LogP contribution in [0.1, 0.15) is 43.0 Å². The van der Waals surface area contributed by atoms with Gasteiger partial charge in [0.25, 0.3) is 0 Å². The molecule has 4 atom stereocenters. The van der Waals surface area contributed by atoms with E-state index >= 15 is 0 Å². The highest BCUT2D eigenvalue weighted by Crippen LogP contribution is 2.29. The smallest absolute Gasteiger partial charge is 0.410 e. The van der Waals surface area contributed by atoms with Gasteiger partial charge in [-0.2, -0.15) is 0 Å². The minimum atomic E-state index is -1.22. The van der Waals surface area contributed by atoms with Gasteiger partial charge in [-0.15, -0.1) is 0 Å². The molecule has 7 nitrogen and oxygen atoms in total. The fraction of sp³-hybridized carbons (Fsp3) is 0.359. The van der Waals surface area contributed by atoms with Gasteiger partial charge in [-0.25, -0.2) is 13.6 Å². The van der Waals surface area contributed by atoms with Gasteiger partial charge in [0.2, 0.25) is 0 Å². The van der Waals surface area contributed by atoms with Crippen molar-refractivity contribution in [2.45, 2.75) is 77.0 Å². The first-order chi connectivity index (χ1) is 23.0. The molecule has 1 aliphatic rings. The Labute approximate surface area is 281 Å². The first-order valence-corrected chi connectivity index (χ1v) is 16.3. The maximum atomic E-state index is 14.7. The van der Waals surface area contributed by atoms with E-state index in [4.69, 9.17) is 14.2 Å². The van der Waals surface area contributed by atoms with Gasteiger partial charge in [0, 0.05) is 25.2 Å². The van der Waals surface area contributed by atoms with Crippen LogP contribution in [0.4, 0.5) is 13.6 Å². The van der Waals surface area contributed by atoms with Crippen molar-refractivity contribution < 1.29 is 32.9 Å². The minimum Gasteiger partial charge on any atom is -0.444 e. The number of amides is 1. The molecule has 0 aliphatic carbocycles. The number of halogens is 2. The molecule has 1 fully saturated rings. The SMILES string of the molecule is CC(C)(C)OC(=O)N1C[C@H](O)OCC1[C@@H](OCc1ccccc1)[C@H](Cc1cc(F)cc(F)c1)N(Cc1ccccc1)Cc1ccccc1. The summed E-state index contributed by atoms with van der Waals surface area (Å²) in [5.41, 5.74) is 2.62. The van der Waals surface area contributed by atoms with E-state index in [0.29, 0.717) is 18.7 Å². The Balaban J connectivity index is 1.63.